The molecular weight excluding hydrogens is 327 g/mol. The summed E-state index contributed by atoms with van der Waals surface area (Å²) in [6.45, 7) is 0. The first kappa shape index (κ1) is 15.3. The van der Waals surface area contributed by atoms with E-state index in [9.17, 15) is 14.4 Å². The highest BCUT2D eigenvalue weighted by atomic mass is 35.5. The maximum Gasteiger partial charge on any atom is 0.270 e. The van der Waals surface area contributed by atoms with Crippen LogP contribution in [-0.2, 0) is 9.59 Å². The summed E-state index contributed by atoms with van der Waals surface area (Å²) in [6.07, 6.45) is 3.28. The lowest BCUT2D eigenvalue weighted by atomic mass is 9.81. The Bertz CT molecular complexity index is 638. The molecule has 1 aromatic carbocycles. The number of halogens is 2. The molecule has 1 aromatic rings. The van der Waals surface area contributed by atoms with Crippen LogP contribution in [0, 0.1) is 11.8 Å². The Labute approximate surface area is 137 Å². The lowest BCUT2D eigenvalue weighted by Crippen LogP contribution is -2.46. The van der Waals surface area contributed by atoms with Crippen molar-refractivity contribution in [2.24, 2.45) is 11.8 Å². The lowest BCUT2D eigenvalue weighted by molar-refractivity contribution is -0.142. The largest absolute Gasteiger partial charge is 0.272 e. The summed E-state index contributed by atoms with van der Waals surface area (Å²) in [5.74, 6) is -1.78. The monoisotopic (exact) mass is 340 g/mol. The summed E-state index contributed by atoms with van der Waals surface area (Å²) < 4.78 is 0. The zero-order valence-corrected chi connectivity index (χ0v) is 13.2. The van der Waals surface area contributed by atoms with Gasteiger partial charge in [0.25, 0.3) is 17.7 Å². The Morgan fingerprint density at radius 2 is 1.64 bits per heavy atom. The molecule has 1 heterocycles. The van der Waals surface area contributed by atoms with E-state index in [1.54, 1.807) is 0 Å². The van der Waals surface area contributed by atoms with Gasteiger partial charge in [-0.15, -0.1) is 0 Å². The molecule has 1 aliphatic heterocycles. The molecule has 2 fully saturated rings. The Kier molecular flexibility index (Phi) is 4.10. The van der Waals surface area contributed by atoms with Crippen molar-refractivity contribution < 1.29 is 14.4 Å². The van der Waals surface area contributed by atoms with Crippen LogP contribution in [0.15, 0.2) is 18.2 Å². The molecule has 1 saturated carbocycles. The highest BCUT2D eigenvalue weighted by Crippen LogP contribution is 2.37. The topological polar surface area (TPSA) is 66.5 Å². The van der Waals surface area contributed by atoms with Crippen LogP contribution in [0.25, 0.3) is 0 Å². The minimum absolute atomic E-state index is 0.238. The van der Waals surface area contributed by atoms with Crippen molar-refractivity contribution in [1.29, 1.82) is 0 Å². The third-order valence-corrected chi connectivity index (χ3v) is 4.98. The molecule has 1 N–H and O–H groups in total. The molecule has 0 spiro atoms. The van der Waals surface area contributed by atoms with Crippen LogP contribution in [0.3, 0.4) is 0 Å². The van der Waals surface area contributed by atoms with E-state index < -0.39 is 5.91 Å². The van der Waals surface area contributed by atoms with E-state index >= 15 is 0 Å². The molecule has 5 nitrogen and oxygen atoms in total. The number of hydrazine groups is 1. The molecule has 116 valence electrons. The van der Waals surface area contributed by atoms with Crippen molar-refractivity contribution in [3.05, 3.63) is 33.8 Å². The van der Waals surface area contributed by atoms with Crippen LogP contribution in [0.4, 0.5) is 0 Å². The normalized spacial score (nSPS) is 24.4. The number of benzene rings is 1. The van der Waals surface area contributed by atoms with E-state index in [1.807, 2.05) is 0 Å². The average molecular weight is 341 g/mol. The zero-order valence-electron chi connectivity index (χ0n) is 11.6. The number of fused-ring (bicyclic) bond motifs is 1. The molecule has 0 unspecified atom stereocenters. The van der Waals surface area contributed by atoms with Gasteiger partial charge >= 0.3 is 0 Å². The highest BCUT2D eigenvalue weighted by Gasteiger charge is 2.49. The molecular formula is C15H14Cl2N2O3. The molecule has 0 aromatic heterocycles. The summed E-state index contributed by atoms with van der Waals surface area (Å²) in [7, 11) is 0. The van der Waals surface area contributed by atoms with Gasteiger partial charge in [-0.2, -0.15) is 5.01 Å². The Morgan fingerprint density at radius 1 is 1.05 bits per heavy atom. The number of carbonyl (C=O) groups is 3. The number of amides is 3. The second-order valence-electron chi connectivity index (χ2n) is 5.58. The van der Waals surface area contributed by atoms with Crippen molar-refractivity contribution >= 4 is 40.9 Å². The van der Waals surface area contributed by atoms with Gasteiger partial charge in [0.2, 0.25) is 0 Å². The minimum atomic E-state index is -0.557. The summed E-state index contributed by atoms with van der Waals surface area (Å²) in [4.78, 5) is 36.8. The quantitative estimate of drug-likeness (QED) is 0.841. The number of nitrogens with one attached hydrogen (secondary N) is 1. The highest BCUT2D eigenvalue weighted by molar-refractivity contribution is 6.42. The van der Waals surface area contributed by atoms with E-state index in [0.29, 0.717) is 17.9 Å². The summed E-state index contributed by atoms with van der Waals surface area (Å²) in [5.41, 5.74) is 2.63. The van der Waals surface area contributed by atoms with Gasteiger partial charge in [-0.3, -0.25) is 19.8 Å². The van der Waals surface area contributed by atoms with E-state index in [2.05, 4.69) is 5.43 Å². The molecule has 3 rings (SSSR count). The van der Waals surface area contributed by atoms with Gasteiger partial charge in [-0.25, -0.2) is 0 Å². The van der Waals surface area contributed by atoms with Crippen molar-refractivity contribution in [2.75, 3.05) is 0 Å². The fraction of sp³-hybridized carbons (Fsp3) is 0.400. The summed E-state index contributed by atoms with van der Waals surface area (Å²) in [5, 5.41) is 1.44. The van der Waals surface area contributed by atoms with Crippen molar-refractivity contribution in [2.45, 2.75) is 25.7 Å². The Hall–Kier alpha value is -1.59. The van der Waals surface area contributed by atoms with E-state index in [1.165, 1.54) is 18.2 Å². The first-order valence-corrected chi connectivity index (χ1v) is 7.88. The Balaban J connectivity index is 1.77. The van der Waals surface area contributed by atoms with E-state index in [0.717, 1.165) is 17.9 Å². The second kappa shape index (κ2) is 5.89. The van der Waals surface area contributed by atoms with E-state index in [-0.39, 0.29) is 34.2 Å². The molecule has 7 heteroatoms. The van der Waals surface area contributed by atoms with Gasteiger partial charge in [0.15, 0.2) is 0 Å². The number of nitrogens with zero attached hydrogens (tertiary/aromatic N) is 1. The molecule has 2 aliphatic rings. The third-order valence-electron chi connectivity index (χ3n) is 4.24. The fourth-order valence-electron chi connectivity index (χ4n) is 3.08. The fourth-order valence-corrected chi connectivity index (χ4v) is 3.37. The molecule has 0 bridgehead atoms. The summed E-state index contributed by atoms with van der Waals surface area (Å²) >= 11 is 11.7. The molecule has 22 heavy (non-hydrogen) atoms. The lowest BCUT2D eigenvalue weighted by Gasteiger charge is -2.19. The SMILES string of the molecule is O=C(NN1C(=O)[C@@H]2CCCC[C@H]2C1=O)c1ccc(Cl)c(Cl)c1. The van der Waals surface area contributed by atoms with Crippen LogP contribution in [-0.4, -0.2) is 22.7 Å². The van der Waals surface area contributed by atoms with Crippen molar-refractivity contribution in [3.8, 4) is 0 Å². The van der Waals surface area contributed by atoms with Crippen LogP contribution >= 0.6 is 23.2 Å². The second-order valence-corrected chi connectivity index (χ2v) is 6.39. The summed E-state index contributed by atoms with van der Waals surface area (Å²) in [6, 6.07) is 4.38. The maximum absolute atomic E-state index is 12.3. The zero-order chi connectivity index (χ0) is 15.9. The predicted molar refractivity (Wildman–Crippen MR) is 81.2 cm³/mol. The smallest absolute Gasteiger partial charge is 0.270 e. The van der Waals surface area contributed by atoms with Gasteiger partial charge in [-0.05, 0) is 31.0 Å². The van der Waals surface area contributed by atoms with Crippen LogP contribution in [0.5, 0.6) is 0 Å². The average Bonchev–Trinajstić information content (AvgIpc) is 2.75. The molecule has 2 atom stereocenters. The molecule has 0 radical (unpaired) electrons. The van der Waals surface area contributed by atoms with Crippen LogP contribution in [0.1, 0.15) is 36.0 Å². The molecule has 1 saturated heterocycles. The first-order chi connectivity index (χ1) is 10.5. The number of hydrogen-bond acceptors (Lipinski definition) is 3. The van der Waals surface area contributed by atoms with Crippen LogP contribution < -0.4 is 5.43 Å². The molecule has 1 aliphatic carbocycles. The van der Waals surface area contributed by atoms with Gasteiger partial charge in [0.1, 0.15) is 0 Å². The first-order valence-electron chi connectivity index (χ1n) is 7.13. The third kappa shape index (κ3) is 2.59. The maximum atomic E-state index is 12.3. The number of imide groups is 1. The van der Waals surface area contributed by atoms with E-state index in [4.69, 9.17) is 23.2 Å². The number of rotatable bonds is 2. The molecule has 3 amide bonds. The van der Waals surface area contributed by atoms with Crippen molar-refractivity contribution in [1.82, 2.24) is 10.4 Å². The number of carbonyl (C=O) groups excluding carboxylic acids is 3. The van der Waals surface area contributed by atoms with Gasteiger partial charge in [0, 0.05) is 5.56 Å². The van der Waals surface area contributed by atoms with Gasteiger partial charge in [-0.1, -0.05) is 36.0 Å². The van der Waals surface area contributed by atoms with Crippen molar-refractivity contribution in [3.63, 3.8) is 0 Å². The predicted octanol–water partition coefficient (Wildman–Crippen LogP) is 2.81. The number of hydrogen-bond donors (Lipinski definition) is 1. The Morgan fingerprint density at radius 3 is 2.18 bits per heavy atom. The standard InChI is InChI=1S/C15H14Cl2N2O3/c16-11-6-5-8(7-12(11)17)13(20)18-19-14(21)9-3-1-2-4-10(9)15(19)22/h5-7,9-10H,1-4H2,(H,18,20)/t9-,10-/m1/s1. The van der Waals surface area contributed by atoms with Gasteiger partial charge < -0.3 is 0 Å². The van der Waals surface area contributed by atoms with Crippen LogP contribution in [0.2, 0.25) is 10.0 Å². The minimum Gasteiger partial charge on any atom is -0.272 e. The van der Waals surface area contributed by atoms with Gasteiger partial charge in [0.05, 0.1) is 21.9 Å².